The molecule has 224 valence electrons. The Bertz CT molecular complexity index is 1480. The van der Waals surface area contributed by atoms with Gasteiger partial charge in [-0.1, -0.05) is 76.6 Å². The van der Waals surface area contributed by atoms with Crippen molar-refractivity contribution in [3.63, 3.8) is 0 Å². The van der Waals surface area contributed by atoms with Crippen molar-refractivity contribution < 1.29 is 24.2 Å². The molecule has 0 radical (unpaired) electrons. The van der Waals surface area contributed by atoms with Crippen molar-refractivity contribution in [3.05, 3.63) is 96.1 Å². The van der Waals surface area contributed by atoms with Gasteiger partial charge in [-0.05, 0) is 48.7 Å². The number of alkyl halides is 1. The van der Waals surface area contributed by atoms with Gasteiger partial charge in [0.1, 0.15) is 11.8 Å². The number of likely N-dealkylation sites (tertiary alicyclic amines) is 1. The summed E-state index contributed by atoms with van der Waals surface area (Å²) in [6, 6.07) is 24.4. The lowest BCUT2D eigenvalue weighted by atomic mass is 9.70. The molecule has 2 bridgehead atoms. The van der Waals surface area contributed by atoms with Gasteiger partial charge in [0.15, 0.2) is 0 Å². The quantitative estimate of drug-likeness (QED) is 0.275. The number of rotatable bonds is 10. The van der Waals surface area contributed by atoms with Gasteiger partial charge in [-0.15, -0.1) is 11.8 Å². The van der Waals surface area contributed by atoms with Crippen LogP contribution < -0.4 is 15.4 Å². The molecule has 10 heteroatoms. The van der Waals surface area contributed by atoms with E-state index < -0.39 is 28.7 Å². The van der Waals surface area contributed by atoms with Crippen molar-refractivity contribution in [3.8, 4) is 5.75 Å². The molecule has 0 aromatic heterocycles. The zero-order valence-corrected chi connectivity index (χ0v) is 26.1. The van der Waals surface area contributed by atoms with Crippen molar-refractivity contribution in [2.45, 2.75) is 46.8 Å². The summed E-state index contributed by atoms with van der Waals surface area (Å²) in [6.45, 7) is 2.41. The highest BCUT2D eigenvalue weighted by atomic mass is 79.9. The van der Waals surface area contributed by atoms with Gasteiger partial charge in [0.25, 0.3) is 0 Å². The molecule has 8 nitrogen and oxygen atoms in total. The Kier molecular flexibility index (Phi) is 8.53. The summed E-state index contributed by atoms with van der Waals surface area (Å²) < 4.78 is 4.69. The van der Waals surface area contributed by atoms with Crippen molar-refractivity contribution in [1.29, 1.82) is 0 Å². The molecular formula is C33H34BrN3O5S. The first-order valence-electron chi connectivity index (χ1n) is 14.5. The third kappa shape index (κ3) is 5.34. The Balaban J connectivity index is 1.35. The number of amides is 3. The molecule has 3 amide bonds. The van der Waals surface area contributed by atoms with E-state index in [0.29, 0.717) is 31.0 Å². The molecule has 3 N–H and O–H groups in total. The van der Waals surface area contributed by atoms with E-state index in [9.17, 15) is 19.5 Å². The normalized spacial score (nSPS) is 27.9. The first-order valence-corrected chi connectivity index (χ1v) is 16.3. The third-order valence-electron chi connectivity index (χ3n) is 8.71. The number of halogens is 1. The number of fused-ring (bicyclic) bond motifs is 1. The minimum Gasteiger partial charge on any atom is -0.494 e. The average molecular weight is 665 g/mol. The Morgan fingerprint density at radius 1 is 1.05 bits per heavy atom. The van der Waals surface area contributed by atoms with Gasteiger partial charge in [0.05, 0.1) is 35.8 Å². The first kappa shape index (κ1) is 29.7. The van der Waals surface area contributed by atoms with E-state index >= 15 is 0 Å². The minimum atomic E-state index is -0.871. The number of nitrogens with one attached hydrogen (secondary N) is 2. The monoisotopic (exact) mass is 663 g/mol. The lowest BCUT2D eigenvalue weighted by molar-refractivity contribution is -0.142. The number of aliphatic hydroxyl groups is 1. The second kappa shape index (κ2) is 12.3. The van der Waals surface area contributed by atoms with Crippen molar-refractivity contribution >= 4 is 51.1 Å². The van der Waals surface area contributed by atoms with E-state index in [0.717, 1.165) is 11.1 Å². The highest BCUT2D eigenvalue weighted by Crippen LogP contribution is 2.68. The number of thioether (sulfide) groups is 1. The number of carbonyl (C=O) groups is 3. The SMILES string of the molecule is CCOc1ccc(NC(=O)[C@H]2[C@H]3C(=O)N([C@H](CO)c4ccccc4)C(C(=O)NCc4ccccc4)C34CC(Br)[C@@H]2S4)cc1. The van der Waals surface area contributed by atoms with Crippen LogP contribution in [0.5, 0.6) is 5.75 Å². The molecule has 43 heavy (non-hydrogen) atoms. The van der Waals surface area contributed by atoms with Gasteiger partial charge in [-0.3, -0.25) is 14.4 Å². The molecule has 0 saturated carbocycles. The lowest BCUT2D eigenvalue weighted by Gasteiger charge is -2.37. The molecule has 3 aliphatic rings. The van der Waals surface area contributed by atoms with E-state index in [2.05, 4.69) is 26.6 Å². The predicted octanol–water partition coefficient (Wildman–Crippen LogP) is 4.54. The minimum absolute atomic E-state index is 0.0636. The van der Waals surface area contributed by atoms with E-state index in [-0.39, 0.29) is 34.4 Å². The van der Waals surface area contributed by atoms with Crippen LogP contribution in [0.2, 0.25) is 0 Å². The summed E-state index contributed by atoms with van der Waals surface area (Å²) in [5.74, 6) is -1.48. The van der Waals surface area contributed by atoms with Gasteiger partial charge in [0.2, 0.25) is 17.7 Å². The van der Waals surface area contributed by atoms with E-state index in [4.69, 9.17) is 4.74 Å². The number of hydrogen-bond donors (Lipinski definition) is 3. The van der Waals surface area contributed by atoms with Crippen LogP contribution in [0.3, 0.4) is 0 Å². The number of nitrogens with zero attached hydrogens (tertiary/aromatic N) is 1. The number of carbonyl (C=O) groups excluding carboxylic acids is 3. The fourth-order valence-corrected chi connectivity index (χ4v) is 10.5. The highest BCUT2D eigenvalue weighted by Gasteiger charge is 2.76. The maximum Gasteiger partial charge on any atom is 0.244 e. The van der Waals surface area contributed by atoms with E-state index in [1.165, 1.54) is 0 Å². The summed E-state index contributed by atoms with van der Waals surface area (Å²) in [4.78, 5) is 44.2. The fourth-order valence-electron chi connectivity index (χ4n) is 6.94. The zero-order chi connectivity index (χ0) is 30.1. The maximum atomic E-state index is 14.5. The van der Waals surface area contributed by atoms with Crippen LogP contribution >= 0.6 is 27.7 Å². The average Bonchev–Trinajstić information content (AvgIpc) is 3.62. The van der Waals surface area contributed by atoms with Crippen LogP contribution in [-0.2, 0) is 20.9 Å². The van der Waals surface area contributed by atoms with Crippen LogP contribution in [0.25, 0.3) is 0 Å². The zero-order valence-electron chi connectivity index (χ0n) is 23.7. The second-order valence-corrected chi connectivity index (χ2v) is 13.9. The molecular weight excluding hydrogens is 630 g/mol. The number of benzene rings is 3. The maximum absolute atomic E-state index is 14.5. The number of aliphatic hydroxyl groups excluding tert-OH is 1. The summed E-state index contributed by atoms with van der Waals surface area (Å²) in [6.07, 6.45) is 0.554. The van der Waals surface area contributed by atoms with Gasteiger partial charge in [-0.2, -0.15) is 0 Å². The molecule has 3 aliphatic heterocycles. The van der Waals surface area contributed by atoms with Gasteiger partial charge < -0.3 is 25.4 Å². The standard InChI is InChI=1S/C33H34BrN3O5S/c1-2-42-23-15-13-22(14-16-23)36-30(39)26-27-32(41)37(25(19-38)21-11-7-4-8-12-21)29(33(27)17-24(34)28(26)43-33)31(40)35-18-20-9-5-3-6-10-20/h3-16,24-29,38H,2,17-19H2,1H3,(H,35,40)(H,36,39)/t24?,25-,26+,27+,28+,29?,33?/m1/s1. The van der Waals surface area contributed by atoms with Crippen LogP contribution in [0.1, 0.15) is 30.5 Å². The van der Waals surface area contributed by atoms with Crippen molar-refractivity contribution in [2.75, 3.05) is 18.5 Å². The van der Waals surface area contributed by atoms with Gasteiger partial charge in [0, 0.05) is 22.3 Å². The Labute approximate surface area is 263 Å². The van der Waals surface area contributed by atoms with Gasteiger partial charge in [-0.25, -0.2) is 0 Å². The molecule has 3 unspecified atom stereocenters. The summed E-state index contributed by atoms with van der Waals surface area (Å²) in [5, 5.41) is 16.5. The lowest BCUT2D eigenvalue weighted by Crippen LogP contribution is -2.55. The number of ether oxygens (including phenoxy) is 1. The summed E-state index contributed by atoms with van der Waals surface area (Å²) in [7, 11) is 0. The second-order valence-electron chi connectivity index (χ2n) is 11.2. The molecule has 6 rings (SSSR count). The third-order valence-corrected chi connectivity index (χ3v) is 11.9. The van der Waals surface area contributed by atoms with Crippen molar-refractivity contribution in [1.82, 2.24) is 10.2 Å². The summed E-state index contributed by atoms with van der Waals surface area (Å²) in [5.41, 5.74) is 2.29. The Hall–Kier alpha value is -3.34. The molecule has 3 fully saturated rings. The molecule has 7 atom stereocenters. The Morgan fingerprint density at radius 3 is 2.37 bits per heavy atom. The Morgan fingerprint density at radius 2 is 1.72 bits per heavy atom. The molecule has 3 heterocycles. The van der Waals surface area contributed by atoms with Crippen LogP contribution in [0.15, 0.2) is 84.9 Å². The van der Waals surface area contributed by atoms with Crippen molar-refractivity contribution in [2.24, 2.45) is 11.8 Å². The van der Waals surface area contributed by atoms with Crippen LogP contribution in [0.4, 0.5) is 5.69 Å². The number of hydrogen-bond acceptors (Lipinski definition) is 6. The highest BCUT2D eigenvalue weighted by molar-refractivity contribution is 9.09. The number of anilines is 1. The molecule has 0 aliphatic carbocycles. The molecule has 3 aromatic carbocycles. The molecule has 3 aromatic rings. The smallest absolute Gasteiger partial charge is 0.244 e. The van der Waals surface area contributed by atoms with Gasteiger partial charge >= 0.3 is 0 Å². The predicted molar refractivity (Wildman–Crippen MR) is 170 cm³/mol. The van der Waals surface area contributed by atoms with E-state index in [1.807, 2.05) is 67.6 Å². The fraction of sp³-hybridized carbons (Fsp3) is 0.364. The largest absolute Gasteiger partial charge is 0.494 e. The van der Waals surface area contributed by atoms with Crippen LogP contribution in [-0.4, -0.2) is 61.8 Å². The molecule has 1 spiro atoms. The topological polar surface area (TPSA) is 108 Å². The molecule has 3 saturated heterocycles. The van der Waals surface area contributed by atoms with Crippen LogP contribution in [0, 0.1) is 11.8 Å². The summed E-state index contributed by atoms with van der Waals surface area (Å²) >= 11 is 5.38. The first-order chi connectivity index (χ1) is 20.9. The van der Waals surface area contributed by atoms with E-state index in [1.54, 1.807) is 40.9 Å².